The van der Waals surface area contributed by atoms with Crippen LogP contribution in [0.25, 0.3) is 0 Å². The first-order valence-corrected chi connectivity index (χ1v) is 11.0. The van der Waals surface area contributed by atoms with Gasteiger partial charge in [0.25, 0.3) is 5.91 Å². The molecule has 2 N–H and O–H groups in total. The lowest BCUT2D eigenvalue weighted by atomic mass is 10.1. The van der Waals surface area contributed by atoms with E-state index in [1.807, 2.05) is 12.1 Å². The Bertz CT molecular complexity index is 597. The smallest absolute Gasteiger partial charge is 0.253 e. The molecule has 1 fully saturated rings. The van der Waals surface area contributed by atoms with E-state index in [4.69, 9.17) is 4.74 Å². The molecular weight excluding hydrogens is 352 g/mol. The van der Waals surface area contributed by atoms with Crippen LogP contribution in [-0.4, -0.2) is 31.1 Å². The monoisotopic (exact) mass is 388 g/mol. The SMILES string of the molecule is CCCCCCCCCCC(=O)Nc1ccccc1C(=O)NCC1CCCO1. The molecule has 5 nitrogen and oxygen atoms in total. The first kappa shape index (κ1) is 22.4. The topological polar surface area (TPSA) is 67.4 Å². The van der Waals surface area contributed by atoms with Crippen LogP contribution in [0.4, 0.5) is 5.69 Å². The molecule has 1 aromatic rings. The molecule has 1 aliphatic rings. The van der Waals surface area contributed by atoms with Gasteiger partial charge in [0, 0.05) is 19.6 Å². The van der Waals surface area contributed by atoms with Crippen molar-refractivity contribution < 1.29 is 14.3 Å². The number of amides is 2. The highest BCUT2D eigenvalue weighted by Crippen LogP contribution is 2.17. The summed E-state index contributed by atoms with van der Waals surface area (Å²) in [6.45, 7) is 3.51. The number of hydrogen-bond acceptors (Lipinski definition) is 3. The normalized spacial score (nSPS) is 16.1. The maximum atomic E-state index is 12.5. The molecule has 5 heteroatoms. The van der Waals surface area contributed by atoms with Crippen molar-refractivity contribution >= 4 is 17.5 Å². The molecule has 0 aromatic heterocycles. The van der Waals surface area contributed by atoms with E-state index in [1.54, 1.807) is 12.1 Å². The van der Waals surface area contributed by atoms with E-state index in [0.29, 0.717) is 24.2 Å². The minimum atomic E-state index is -0.168. The molecule has 1 aliphatic heterocycles. The van der Waals surface area contributed by atoms with E-state index in [0.717, 1.165) is 32.3 Å². The lowest BCUT2D eigenvalue weighted by Gasteiger charge is -2.13. The number of carbonyl (C=O) groups excluding carboxylic acids is 2. The summed E-state index contributed by atoms with van der Waals surface area (Å²) in [4.78, 5) is 24.8. The highest BCUT2D eigenvalue weighted by atomic mass is 16.5. The average Bonchev–Trinajstić information content (AvgIpc) is 3.22. The quantitative estimate of drug-likeness (QED) is 0.464. The second-order valence-corrected chi connectivity index (χ2v) is 7.66. The van der Waals surface area contributed by atoms with Crippen LogP contribution in [0.3, 0.4) is 0 Å². The van der Waals surface area contributed by atoms with Crippen molar-refractivity contribution in [3.63, 3.8) is 0 Å². The number of hydrogen-bond donors (Lipinski definition) is 2. The number of para-hydroxylation sites is 1. The number of nitrogens with one attached hydrogen (secondary N) is 2. The molecule has 0 aliphatic carbocycles. The summed E-state index contributed by atoms with van der Waals surface area (Å²) in [5.74, 6) is -0.191. The first-order valence-electron chi connectivity index (χ1n) is 11.0. The van der Waals surface area contributed by atoms with Crippen molar-refractivity contribution in [3.8, 4) is 0 Å². The van der Waals surface area contributed by atoms with Gasteiger partial charge >= 0.3 is 0 Å². The number of unbranched alkanes of at least 4 members (excludes halogenated alkanes) is 7. The van der Waals surface area contributed by atoms with Gasteiger partial charge in [-0.3, -0.25) is 9.59 Å². The Hall–Kier alpha value is -1.88. The van der Waals surface area contributed by atoms with Crippen LogP contribution < -0.4 is 10.6 Å². The second kappa shape index (κ2) is 13.3. The molecule has 1 atom stereocenters. The Morgan fingerprint density at radius 3 is 2.46 bits per heavy atom. The van der Waals surface area contributed by atoms with Gasteiger partial charge in [-0.05, 0) is 31.4 Å². The van der Waals surface area contributed by atoms with E-state index < -0.39 is 0 Å². The summed E-state index contributed by atoms with van der Waals surface area (Å²) in [6.07, 6.45) is 12.3. The van der Waals surface area contributed by atoms with Gasteiger partial charge in [-0.15, -0.1) is 0 Å². The Morgan fingerprint density at radius 2 is 1.75 bits per heavy atom. The zero-order valence-electron chi connectivity index (χ0n) is 17.3. The van der Waals surface area contributed by atoms with Gasteiger partial charge in [-0.25, -0.2) is 0 Å². The molecule has 0 bridgehead atoms. The summed E-state index contributed by atoms with van der Waals surface area (Å²) >= 11 is 0. The van der Waals surface area contributed by atoms with Gasteiger partial charge in [0.05, 0.1) is 17.4 Å². The van der Waals surface area contributed by atoms with Crippen LogP contribution in [0.1, 0.15) is 87.9 Å². The van der Waals surface area contributed by atoms with Gasteiger partial charge in [-0.2, -0.15) is 0 Å². The van der Waals surface area contributed by atoms with Crippen LogP contribution >= 0.6 is 0 Å². The molecular formula is C23H36N2O3. The molecule has 1 aromatic carbocycles. The maximum Gasteiger partial charge on any atom is 0.253 e. The van der Waals surface area contributed by atoms with Crippen molar-refractivity contribution in [1.82, 2.24) is 5.32 Å². The Kier molecular flexibility index (Phi) is 10.7. The van der Waals surface area contributed by atoms with Crippen molar-refractivity contribution in [2.75, 3.05) is 18.5 Å². The summed E-state index contributed by atoms with van der Waals surface area (Å²) in [5.41, 5.74) is 1.08. The van der Waals surface area contributed by atoms with Gasteiger partial charge in [0.15, 0.2) is 0 Å². The zero-order chi connectivity index (χ0) is 20.0. The van der Waals surface area contributed by atoms with Gasteiger partial charge in [0.1, 0.15) is 0 Å². The van der Waals surface area contributed by atoms with Crippen molar-refractivity contribution in [3.05, 3.63) is 29.8 Å². The Morgan fingerprint density at radius 1 is 1.04 bits per heavy atom. The minimum Gasteiger partial charge on any atom is -0.376 e. The predicted molar refractivity (Wildman–Crippen MR) is 114 cm³/mol. The summed E-state index contributed by atoms with van der Waals surface area (Å²) < 4.78 is 5.54. The predicted octanol–water partition coefficient (Wildman–Crippen LogP) is 5.06. The summed E-state index contributed by atoms with van der Waals surface area (Å²) in [6, 6.07) is 7.18. The van der Waals surface area contributed by atoms with Gasteiger partial charge in [0.2, 0.25) is 5.91 Å². The fourth-order valence-electron chi connectivity index (χ4n) is 3.53. The van der Waals surface area contributed by atoms with Crippen molar-refractivity contribution in [2.24, 2.45) is 0 Å². The minimum absolute atomic E-state index is 0.0228. The third kappa shape index (κ3) is 8.42. The summed E-state index contributed by atoms with van der Waals surface area (Å²) in [5, 5.41) is 5.83. The first-order chi connectivity index (χ1) is 13.7. The highest BCUT2D eigenvalue weighted by molar-refractivity contribution is 6.03. The van der Waals surface area contributed by atoms with Crippen molar-refractivity contribution in [2.45, 2.75) is 83.7 Å². The molecule has 1 unspecified atom stereocenters. The van der Waals surface area contributed by atoms with Gasteiger partial charge < -0.3 is 15.4 Å². The average molecular weight is 389 g/mol. The van der Waals surface area contributed by atoms with E-state index in [-0.39, 0.29) is 17.9 Å². The lowest BCUT2D eigenvalue weighted by Crippen LogP contribution is -2.32. The fourth-order valence-corrected chi connectivity index (χ4v) is 3.53. The number of ether oxygens (including phenoxy) is 1. The fraction of sp³-hybridized carbons (Fsp3) is 0.652. The molecule has 156 valence electrons. The van der Waals surface area contributed by atoms with Gasteiger partial charge in [-0.1, -0.05) is 64.0 Å². The zero-order valence-corrected chi connectivity index (χ0v) is 17.3. The third-order valence-electron chi connectivity index (χ3n) is 5.22. The number of carbonyl (C=O) groups is 2. The standard InChI is InChI=1S/C23H36N2O3/c1-2-3-4-5-6-7-8-9-16-22(26)25-21-15-11-10-14-20(21)23(27)24-18-19-13-12-17-28-19/h10-11,14-15,19H,2-9,12-13,16-18H2,1H3,(H,24,27)(H,25,26). The number of rotatable bonds is 13. The maximum absolute atomic E-state index is 12.5. The van der Waals surface area contributed by atoms with Crippen molar-refractivity contribution in [1.29, 1.82) is 0 Å². The highest BCUT2D eigenvalue weighted by Gasteiger charge is 2.18. The van der Waals surface area contributed by atoms with Crippen LogP contribution in [0.15, 0.2) is 24.3 Å². The third-order valence-corrected chi connectivity index (χ3v) is 5.22. The Labute approximate surface area is 169 Å². The van der Waals surface area contributed by atoms with E-state index in [9.17, 15) is 9.59 Å². The summed E-state index contributed by atoms with van der Waals surface area (Å²) in [7, 11) is 0. The second-order valence-electron chi connectivity index (χ2n) is 7.66. The van der Waals surface area contributed by atoms with Crippen LogP contribution in [-0.2, 0) is 9.53 Å². The molecule has 0 radical (unpaired) electrons. The number of anilines is 1. The van der Waals surface area contributed by atoms with Crippen LogP contribution in [0, 0.1) is 0 Å². The molecule has 2 amide bonds. The van der Waals surface area contributed by atoms with E-state index in [2.05, 4.69) is 17.6 Å². The number of benzene rings is 1. The molecule has 0 saturated carbocycles. The molecule has 1 heterocycles. The molecule has 2 rings (SSSR count). The van der Waals surface area contributed by atoms with E-state index in [1.165, 1.54) is 38.5 Å². The lowest BCUT2D eigenvalue weighted by molar-refractivity contribution is -0.116. The molecule has 1 saturated heterocycles. The molecule has 0 spiro atoms. The Balaban J connectivity index is 1.69. The van der Waals surface area contributed by atoms with Crippen LogP contribution in [0.2, 0.25) is 0 Å². The largest absolute Gasteiger partial charge is 0.376 e. The van der Waals surface area contributed by atoms with E-state index >= 15 is 0 Å². The van der Waals surface area contributed by atoms with Crippen LogP contribution in [0.5, 0.6) is 0 Å². The molecule has 28 heavy (non-hydrogen) atoms.